The Morgan fingerprint density at radius 3 is 2.24 bits per heavy atom. The van der Waals surface area contributed by atoms with E-state index in [1.165, 1.54) is 11.3 Å². The van der Waals surface area contributed by atoms with E-state index in [4.69, 9.17) is 5.73 Å². The third-order valence-corrected chi connectivity index (χ3v) is 14.0. The number of aromatic hydroxyl groups is 1. The summed E-state index contributed by atoms with van der Waals surface area (Å²) >= 11 is 0. The van der Waals surface area contributed by atoms with Gasteiger partial charge in [-0.25, -0.2) is 0 Å². The molecule has 0 spiro atoms. The van der Waals surface area contributed by atoms with Crippen LogP contribution in [-0.2, 0) is 20.9 Å². The molecule has 326 valence electrons. The maximum Gasteiger partial charge on any atom is 0.262 e. The number of nitrogen functional groups attached to an aromatic ring is 1. The lowest BCUT2D eigenvalue weighted by Crippen LogP contribution is -2.54. The zero-order valence-electron chi connectivity index (χ0n) is 35.1. The minimum atomic E-state index is -0.996. The Hall–Kier alpha value is -6.55. The lowest BCUT2D eigenvalue weighted by atomic mass is 9.94. The van der Waals surface area contributed by atoms with Gasteiger partial charge in [-0.1, -0.05) is 24.3 Å². The maximum absolute atomic E-state index is 13.5. The summed E-state index contributed by atoms with van der Waals surface area (Å²) in [4.78, 5) is 74.6. The Bertz CT molecular complexity index is 2470. The van der Waals surface area contributed by atoms with E-state index < -0.39 is 29.7 Å². The highest BCUT2D eigenvalue weighted by atomic mass is 16.3. The Morgan fingerprint density at radius 2 is 1.49 bits per heavy atom. The Labute approximate surface area is 365 Å². The number of imide groups is 2. The van der Waals surface area contributed by atoms with Gasteiger partial charge in [-0.2, -0.15) is 0 Å². The second-order valence-electron chi connectivity index (χ2n) is 17.9. The standard InChI is InChI=1S/C47H52N10O6/c48-43-40(24-38(51-52-43)36-6-1-2-7-41(36)58)55-26-33-8-9-34(27-55)56(33)32-5-3-4-28(22-32)25-53-18-14-29(15-19-53)44(60)49-30-16-20-54(21-17-30)31-10-11-35-37(23-31)47(63)57(46(35)62)39-12-13-42(59)50-45(39)61/h1-7,10-11,22-24,29-30,33-34,39,58H,8-9,12-21,25-27H2,(H2,48,52)(H,49,60)(H,50,59,61). The van der Waals surface area contributed by atoms with Crippen molar-refractivity contribution >= 4 is 52.4 Å². The van der Waals surface area contributed by atoms with E-state index >= 15 is 0 Å². The highest BCUT2D eigenvalue weighted by Crippen LogP contribution is 2.40. The number of carbonyl (C=O) groups is 5. The number of hydrogen-bond donors (Lipinski definition) is 4. The molecule has 63 heavy (non-hydrogen) atoms. The highest BCUT2D eigenvalue weighted by molar-refractivity contribution is 6.23. The summed E-state index contributed by atoms with van der Waals surface area (Å²) in [6, 6.07) is 22.9. The third-order valence-electron chi connectivity index (χ3n) is 14.0. The summed E-state index contributed by atoms with van der Waals surface area (Å²) in [7, 11) is 0. The third kappa shape index (κ3) is 7.81. The van der Waals surface area contributed by atoms with Crippen molar-refractivity contribution in [2.45, 2.75) is 82.1 Å². The predicted molar refractivity (Wildman–Crippen MR) is 236 cm³/mol. The van der Waals surface area contributed by atoms with Crippen LogP contribution in [0.3, 0.4) is 0 Å². The van der Waals surface area contributed by atoms with Crippen LogP contribution < -0.4 is 31.1 Å². The molecule has 4 aromatic rings. The predicted octanol–water partition coefficient (Wildman–Crippen LogP) is 3.69. The van der Waals surface area contributed by atoms with Gasteiger partial charge in [0.05, 0.1) is 22.5 Å². The van der Waals surface area contributed by atoms with Crippen LogP contribution in [-0.4, -0.2) is 118 Å². The van der Waals surface area contributed by atoms with E-state index in [-0.39, 0.29) is 47.6 Å². The average Bonchev–Trinajstić information content (AvgIpc) is 3.70. The molecule has 6 aliphatic rings. The second kappa shape index (κ2) is 16.6. The molecular weight excluding hydrogens is 801 g/mol. The fourth-order valence-corrected chi connectivity index (χ4v) is 10.7. The smallest absolute Gasteiger partial charge is 0.262 e. The number of hydrogen-bond acceptors (Lipinski definition) is 13. The van der Waals surface area contributed by atoms with Crippen molar-refractivity contribution in [1.82, 2.24) is 30.6 Å². The summed E-state index contributed by atoms with van der Waals surface area (Å²) in [5.41, 5.74) is 12.3. The Kier molecular flexibility index (Phi) is 10.7. The van der Waals surface area contributed by atoms with Crippen LogP contribution in [0, 0.1) is 5.92 Å². The molecule has 3 aromatic carbocycles. The van der Waals surface area contributed by atoms with E-state index in [0.29, 0.717) is 42.2 Å². The molecule has 2 bridgehead atoms. The molecule has 6 aliphatic heterocycles. The van der Waals surface area contributed by atoms with E-state index in [0.717, 1.165) is 87.5 Å². The first-order chi connectivity index (χ1) is 30.6. The van der Waals surface area contributed by atoms with Crippen molar-refractivity contribution in [3.8, 4) is 17.0 Å². The fourth-order valence-electron chi connectivity index (χ4n) is 10.7. The first-order valence-corrected chi connectivity index (χ1v) is 22.2. The molecule has 0 saturated carbocycles. The fraction of sp³-hybridized carbons (Fsp3) is 0.426. The van der Waals surface area contributed by atoms with Crippen LogP contribution in [0.15, 0.2) is 72.8 Å². The van der Waals surface area contributed by atoms with Gasteiger partial charge in [0.2, 0.25) is 17.7 Å². The number of rotatable bonds is 9. The van der Waals surface area contributed by atoms with Gasteiger partial charge in [0, 0.05) is 80.1 Å². The van der Waals surface area contributed by atoms with Crippen LogP contribution in [0.5, 0.6) is 5.75 Å². The van der Waals surface area contributed by atoms with Crippen molar-refractivity contribution in [2.24, 2.45) is 5.92 Å². The number of carbonyl (C=O) groups excluding carboxylic acids is 5. The van der Waals surface area contributed by atoms with Gasteiger partial charge in [0.15, 0.2) is 5.82 Å². The van der Waals surface area contributed by atoms with Crippen molar-refractivity contribution in [3.05, 3.63) is 89.5 Å². The number of piperidine rings is 3. The number of benzene rings is 3. The molecule has 5 saturated heterocycles. The van der Waals surface area contributed by atoms with E-state index in [2.05, 4.69) is 64.7 Å². The molecule has 1 aromatic heterocycles. The zero-order valence-corrected chi connectivity index (χ0v) is 35.1. The normalized spacial score (nSPS) is 23.3. The number of nitrogens with one attached hydrogen (secondary N) is 2. The molecule has 0 aliphatic carbocycles. The van der Waals surface area contributed by atoms with Crippen LogP contribution in [0.4, 0.5) is 22.9 Å². The summed E-state index contributed by atoms with van der Waals surface area (Å²) < 4.78 is 0. The molecule has 5 amide bonds. The van der Waals surface area contributed by atoms with Gasteiger partial charge in [0.25, 0.3) is 11.8 Å². The number of para-hydroxylation sites is 1. The van der Waals surface area contributed by atoms with Crippen molar-refractivity contribution in [1.29, 1.82) is 0 Å². The van der Waals surface area contributed by atoms with Crippen LogP contribution in [0.25, 0.3) is 11.3 Å². The first-order valence-electron chi connectivity index (χ1n) is 22.2. The number of likely N-dealkylation sites (tertiary alicyclic amines) is 1. The van der Waals surface area contributed by atoms with Crippen molar-refractivity contribution < 1.29 is 29.1 Å². The number of phenols is 1. The Morgan fingerprint density at radius 1 is 0.746 bits per heavy atom. The molecule has 5 N–H and O–H groups in total. The topological polar surface area (TPSA) is 198 Å². The molecular formula is C47H52N10O6. The molecule has 7 heterocycles. The molecule has 5 fully saturated rings. The maximum atomic E-state index is 13.5. The van der Waals surface area contributed by atoms with Gasteiger partial charge in [-0.05, 0) is 112 Å². The number of piperazine rings is 1. The number of aromatic nitrogens is 2. The summed E-state index contributed by atoms with van der Waals surface area (Å²) in [6.45, 7) is 5.57. The minimum Gasteiger partial charge on any atom is -0.507 e. The Balaban J connectivity index is 0.694. The highest BCUT2D eigenvalue weighted by Gasteiger charge is 2.45. The van der Waals surface area contributed by atoms with Gasteiger partial charge < -0.3 is 30.9 Å². The van der Waals surface area contributed by atoms with Gasteiger partial charge >= 0.3 is 0 Å². The lowest BCUT2D eigenvalue weighted by Gasteiger charge is -2.43. The number of nitrogens with two attached hydrogens (primary N) is 1. The van der Waals surface area contributed by atoms with Crippen LogP contribution in [0.1, 0.15) is 77.6 Å². The van der Waals surface area contributed by atoms with E-state index in [1.807, 2.05) is 24.3 Å². The average molecular weight is 853 g/mol. The SMILES string of the molecule is Nc1nnc(-c2ccccc2O)cc1N1CC2CCC(C1)N2c1cccc(CN2CCC(C(=O)NC3CCN(c4ccc5c(c4)C(=O)N(C4CCC(=O)NC4=O)C5=O)CC3)CC2)c1. The molecule has 3 unspecified atom stereocenters. The molecule has 3 atom stereocenters. The number of anilines is 4. The van der Waals surface area contributed by atoms with Crippen molar-refractivity contribution in [3.63, 3.8) is 0 Å². The molecule has 16 nitrogen and oxygen atoms in total. The quantitative estimate of drug-likeness (QED) is 0.178. The second-order valence-corrected chi connectivity index (χ2v) is 17.9. The number of phenolic OH excluding ortho intramolecular Hbond substituents is 1. The number of amides is 5. The minimum absolute atomic E-state index is 0.0239. The largest absolute Gasteiger partial charge is 0.507 e. The number of fused-ring (bicyclic) bond motifs is 3. The molecule has 16 heteroatoms. The number of nitrogens with zero attached hydrogens (tertiary/aromatic N) is 7. The van der Waals surface area contributed by atoms with Gasteiger partial charge in [-0.15, -0.1) is 10.2 Å². The van der Waals surface area contributed by atoms with Crippen LogP contribution >= 0.6 is 0 Å². The van der Waals surface area contributed by atoms with Crippen LogP contribution in [0.2, 0.25) is 0 Å². The molecule has 10 rings (SSSR count). The van der Waals surface area contributed by atoms with E-state index in [1.54, 1.807) is 24.3 Å². The summed E-state index contributed by atoms with van der Waals surface area (Å²) in [6.07, 6.45) is 5.54. The monoisotopic (exact) mass is 852 g/mol. The zero-order chi connectivity index (χ0) is 43.4. The lowest BCUT2D eigenvalue weighted by molar-refractivity contribution is -0.136. The first kappa shape index (κ1) is 40.5. The van der Waals surface area contributed by atoms with Gasteiger partial charge in [-0.3, -0.25) is 39.1 Å². The summed E-state index contributed by atoms with van der Waals surface area (Å²) in [5.74, 6) is -1.40. The molecule has 0 radical (unpaired) electrons. The van der Waals surface area contributed by atoms with Gasteiger partial charge in [0.1, 0.15) is 11.8 Å². The summed E-state index contributed by atoms with van der Waals surface area (Å²) in [5, 5.41) is 24.6. The van der Waals surface area contributed by atoms with Crippen molar-refractivity contribution in [2.75, 3.05) is 59.7 Å². The van der Waals surface area contributed by atoms with E-state index in [9.17, 15) is 29.1 Å².